The van der Waals surface area contributed by atoms with Gasteiger partial charge in [-0.3, -0.25) is 14.6 Å². The van der Waals surface area contributed by atoms with Gasteiger partial charge in [0.05, 0.1) is 24.5 Å². The van der Waals surface area contributed by atoms with E-state index in [9.17, 15) is 14.4 Å². The average molecular weight is 597 g/mol. The number of carbonyl (C=O) groups excluding carboxylic acids is 3. The zero-order chi connectivity index (χ0) is 29.3. The molecule has 1 N–H and O–H groups in total. The minimum absolute atomic E-state index is 0.0283. The number of rotatable bonds is 6. The van der Waals surface area contributed by atoms with Crippen molar-refractivity contribution in [3.05, 3.63) is 106 Å². The van der Waals surface area contributed by atoms with Crippen molar-refractivity contribution in [2.45, 2.75) is 51.1 Å². The highest BCUT2D eigenvalue weighted by Crippen LogP contribution is 2.51. The molecule has 214 valence electrons. The van der Waals surface area contributed by atoms with E-state index in [1.165, 1.54) is 5.01 Å². The molecule has 0 aliphatic carbocycles. The summed E-state index contributed by atoms with van der Waals surface area (Å²) in [5.41, 5.74) is 1.34. The zero-order valence-electron chi connectivity index (χ0n) is 22.9. The topological polar surface area (TPSA) is 88.2 Å². The van der Waals surface area contributed by atoms with Crippen molar-refractivity contribution in [2.24, 2.45) is 5.92 Å². The molecule has 2 aliphatic heterocycles. The molecule has 0 unspecified atom stereocenters. The predicted octanol–water partition coefficient (Wildman–Crippen LogP) is 6.10. The molecule has 5 rings (SSSR count). The molecule has 0 aromatic heterocycles. The molecule has 41 heavy (non-hydrogen) atoms. The van der Waals surface area contributed by atoms with Crippen LogP contribution in [0.25, 0.3) is 0 Å². The van der Waals surface area contributed by atoms with Crippen molar-refractivity contribution in [1.29, 1.82) is 0 Å². The molecule has 3 aromatic carbocycles. The maximum atomic E-state index is 14.0. The fourth-order valence-corrected chi connectivity index (χ4v) is 6.05. The summed E-state index contributed by atoms with van der Waals surface area (Å²) in [5, 5.41) is 6.80. The minimum atomic E-state index is -0.996. The Balaban J connectivity index is 1.53. The summed E-state index contributed by atoms with van der Waals surface area (Å²) in [6.45, 7) is 5.45. The zero-order valence-corrected chi connectivity index (χ0v) is 24.4. The molecule has 2 amide bonds. The van der Waals surface area contributed by atoms with Crippen molar-refractivity contribution in [3.63, 3.8) is 0 Å². The average Bonchev–Trinajstić information content (AvgIpc) is 3.43. The van der Waals surface area contributed by atoms with Gasteiger partial charge in [-0.25, -0.2) is 4.79 Å². The highest BCUT2D eigenvalue weighted by Gasteiger charge is 2.59. The summed E-state index contributed by atoms with van der Waals surface area (Å²) in [4.78, 5) is 40.5. The number of benzene rings is 3. The summed E-state index contributed by atoms with van der Waals surface area (Å²) < 4.78 is 11.2. The number of carbonyl (C=O) groups is 3. The molecule has 8 nitrogen and oxygen atoms in total. The van der Waals surface area contributed by atoms with Gasteiger partial charge in [0.25, 0.3) is 5.91 Å². The Morgan fingerprint density at radius 3 is 2.12 bits per heavy atom. The Labute approximate surface area is 249 Å². The van der Waals surface area contributed by atoms with Crippen LogP contribution in [0.3, 0.4) is 0 Å². The third kappa shape index (κ3) is 6.05. The van der Waals surface area contributed by atoms with Crippen LogP contribution in [0.4, 0.5) is 4.79 Å². The van der Waals surface area contributed by atoms with Gasteiger partial charge in [-0.15, -0.1) is 0 Å². The third-order valence-corrected chi connectivity index (χ3v) is 7.73. The fraction of sp³-hybridized carbons (Fsp3) is 0.323. The molecular weight excluding hydrogens is 565 g/mol. The fourth-order valence-electron chi connectivity index (χ4n) is 5.43. The van der Waals surface area contributed by atoms with E-state index in [1.807, 2.05) is 65.7 Å². The standard InChI is InChI=1S/C31H31Cl2N3O5/c1-31(2,3)41-29(38)21-17-35-28(37)25(34-30(39)40-18-19-11-6-4-7-12-19)26(20-13-8-5-9-14-20)36(35)27(21)24-22(32)15-10-16-23(24)33/h4-16,21,25-27H,17-18H2,1-3H3,(H,34,39)/t21-,25+,26+,27-/m0/s1. The molecular formula is C31H31Cl2N3O5. The van der Waals surface area contributed by atoms with Crippen LogP contribution in [0.1, 0.15) is 49.5 Å². The molecule has 2 heterocycles. The molecule has 0 saturated carbocycles. The summed E-state index contributed by atoms with van der Waals surface area (Å²) in [6.07, 6.45) is -0.730. The molecule has 2 fully saturated rings. The smallest absolute Gasteiger partial charge is 0.408 e. The molecule has 10 heteroatoms. The lowest BCUT2D eigenvalue weighted by atomic mass is 9.90. The van der Waals surface area contributed by atoms with E-state index in [1.54, 1.807) is 39.0 Å². The second kappa shape index (κ2) is 11.7. The molecule has 2 aliphatic rings. The van der Waals surface area contributed by atoms with E-state index in [0.717, 1.165) is 11.1 Å². The summed E-state index contributed by atoms with van der Waals surface area (Å²) in [6, 6.07) is 21.3. The van der Waals surface area contributed by atoms with E-state index in [2.05, 4.69) is 5.32 Å². The summed E-state index contributed by atoms with van der Waals surface area (Å²) in [7, 11) is 0. The Hall–Kier alpha value is -3.59. The number of halogens is 2. The Bertz CT molecular complexity index is 1410. The monoisotopic (exact) mass is 595 g/mol. The first-order valence-electron chi connectivity index (χ1n) is 13.3. The van der Waals surface area contributed by atoms with Gasteiger partial charge in [-0.1, -0.05) is 89.9 Å². The molecule has 4 atom stereocenters. The van der Waals surface area contributed by atoms with E-state index in [0.29, 0.717) is 15.6 Å². The lowest BCUT2D eigenvalue weighted by molar-refractivity contribution is -0.160. The van der Waals surface area contributed by atoms with Crippen LogP contribution in [0.2, 0.25) is 10.0 Å². The van der Waals surface area contributed by atoms with Gasteiger partial charge < -0.3 is 14.8 Å². The first-order chi connectivity index (χ1) is 19.5. The summed E-state index contributed by atoms with van der Waals surface area (Å²) in [5.74, 6) is -1.64. The number of hydrogen-bond donors (Lipinski definition) is 1. The quantitative estimate of drug-likeness (QED) is 0.346. The van der Waals surface area contributed by atoms with Gasteiger partial charge in [0.15, 0.2) is 0 Å². The molecule has 2 saturated heterocycles. The van der Waals surface area contributed by atoms with Crippen LogP contribution in [-0.4, -0.2) is 46.2 Å². The maximum Gasteiger partial charge on any atom is 0.408 e. The lowest BCUT2D eigenvalue weighted by Gasteiger charge is -2.34. The number of ether oxygens (including phenoxy) is 2. The van der Waals surface area contributed by atoms with E-state index in [4.69, 9.17) is 32.7 Å². The number of hydrazine groups is 1. The number of alkyl carbamates (subject to hydrolysis) is 1. The number of hydrogen-bond acceptors (Lipinski definition) is 6. The third-order valence-electron chi connectivity index (χ3n) is 7.07. The number of fused-ring (bicyclic) bond motifs is 1. The van der Waals surface area contributed by atoms with Crippen LogP contribution >= 0.6 is 23.2 Å². The second-order valence-corrected chi connectivity index (χ2v) is 11.9. The van der Waals surface area contributed by atoms with Crippen molar-refractivity contribution < 1.29 is 23.9 Å². The van der Waals surface area contributed by atoms with Gasteiger partial charge >= 0.3 is 12.1 Å². The summed E-state index contributed by atoms with van der Waals surface area (Å²) >= 11 is 13.4. The number of nitrogens with one attached hydrogen (secondary N) is 1. The van der Waals surface area contributed by atoms with Crippen LogP contribution in [0, 0.1) is 5.92 Å². The largest absolute Gasteiger partial charge is 0.460 e. The van der Waals surface area contributed by atoms with Gasteiger partial charge in [0.1, 0.15) is 18.2 Å². The number of amides is 2. The molecule has 0 radical (unpaired) electrons. The predicted molar refractivity (Wildman–Crippen MR) is 155 cm³/mol. The molecule has 3 aromatic rings. The van der Waals surface area contributed by atoms with Gasteiger partial charge in [0.2, 0.25) is 0 Å². The Kier molecular flexibility index (Phi) is 8.27. The van der Waals surface area contributed by atoms with Crippen LogP contribution in [0.15, 0.2) is 78.9 Å². The number of esters is 1. The first kappa shape index (κ1) is 28.9. The second-order valence-electron chi connectivity index (χ2n) is 11.1. The van der Waals surface area contributed by atoms with Crippen LogP contribution in [0.5, 0.6) is 0 Å². The maximum absolute atomic E-state index is 14.0. The minimum Gasteiger partial charge on any atom is -0.460 e. The molecule has 0 spiro atoms. The highest BCUT2D eigenvalue weighted by molar-refractivity contribution is 6.36. The van der Waals surface area contributed by atoms with Crippen molar-refractivity contribution in [3.8, 4) is 0 Å². The van der Waals surface area contributed by atoms with Crippen LogP contribution < -0.4 is 5.32 Å². The SMILES string of the molecule is CC(C)(C)OC(=O)[C@H]1CN2C(=O)[C@H](NC(=O)OCc3ccccc3)[C@@H](c3ccccc3)N2[C@@H]1c1c(Cl)cccc1Cl. The van der Waals surface area contributed by atoms with E-state index in [-0.39, 0.29) is 19.1 Å². The van der Waals surface area contributed by atoms with Crippen molar-refractivity contribution in [1.82, 2.24) is 15.3 Å². The number of nitrogens with zero attached hydrogens (tertiary/aromatic N) is 2. The van der Waals surface area contributed by atoms with Crippen molar-refractivity contribution >= 4 is 41.2 Å². The first-order valence-corrected chi connectivity index (χ1v) is 14.1. The van der Waals surface area contributed by atoms with E-state index < -0.39 is 41.7 Å². The van der Waals surface area contributed by atoms with Crippen LogP contribution in [-0.2, 0) is 25.7 Å². The molecule has 0 bridgehead atoms. The normalized spacial score (nSPS) is 22.4. The Morgan fingerprint density at radius 2 is 1.51 bits per heavy atom. The van der Waals surface area contributed by atoms with Crippen molar-refractivity contribution in [2.75, 3.05) is 6.54 Å². The van der Waals surface area contributed by atoms with Gasteiger partial charge in [-0.05, 0) is 44.0 Å². The van der Waals surface area contributed by atoms with E-state index >= 15 is 0 Å². The highest BCUT2D eigenvalue weighted by atomic mass is 35.5. The Morgan fingerprint density at radius 1 is 0.902 bits per heavy atom. The lowest BCUT2D eigenvalue weighted by Crippen LogP contribution is -2.45. The van der Waals surface area contributed by atoms with Gasteiger partial charge in [-0.2, -0.15) is 5.01 Å². The van der Waals surface area contributed by atoms with Gasteiger partial charge in [0, 0.05) is 15.6 Å².